The molecule has 1 aliphatic rings. The number of anilines is 2. The normalized spacial score (nSPS) is 22.5. The van der Waals surface area contributed by atoms with Gasteiger partial charge in [-0.1, -0.05) is 30.3 Å². The first-order valence-corrected chi connectivity index (χ1v) is 10.5. The smallest absolute Gasteiger partial charge is 0.164 e. The van der Waals surface area contributed by atoms with E-state index in [4.69, 9.17) is 9.47 Å². The number of aliphatic hydroxyl groups is 3. The summed E-state index contributed by atoms with van der Waals surface area (Å²) in [5.74, 6) is 1.31. The van der Waals surface area contributed by atoms with Gasteiger partial charge in [0.15, 0.2) is 6.23 Å². The van der Waals surface area contributed by atoms with E-state index in [9.17, 15) is 15.3 Å². The molecule has 4 aromatic rings. The van der Waals surface area contributed by atoms with Gasteiger partial charge >= 0.3 is 0 Å². The minimum atomic E-state index is -1.23. The molecule has 9 heteroatoms. The van der Waals surface area contributed by atoms with Crippen LogP contribution >= 0.6 is 0 Å². The molecule has 0 spiro atoms. The molecule has 2 aromatic heterocycles. The van der Waals surface area contributed by atoms with Gasteiger partial charge in [-0.15, -0.1) is 0 Å². The van der Waals surface area contributed by atoms with Gasteiger partial charge in [0.05, 0.1) is 19.1 Å². The summed E-state index contributed by atoms with van der Waals surface area (Å²) in [6.45, 7) is -0.408. The summed E-state index contributed by atoms with van der Waals surface area (Å²) >= 11 is 0. The lowest BCUT2D eigenvalue weighted by Crippen LogP contribution is -2.33. The van der Waals surface area contributed by atoms with Crippen LogP contribution in [-0.4, -0.2) is 61.9 Å². The molecule has 4 atom stereocenters. The zero-order valence-electron chi connectivity index (χ0n) is 17.9. The van der Waals surface area contributed by atoms with Crippen molar-refractivity contribution in [1.82, 2.24) is 14.5 Å². The van der Waals surface area contributed by atoms with E-state index in [0.29, 0.717) is 11.5 Å². The molecule has 0 aliphatic carbocycles. The number of aromatic nitrogens is 3. The second-order valence-electron chi connectivity index (χ2n) is 7.82. The van der Waals surface area contributed by atoms with Crippen LogP contribution in [0.15, 0.2) is 67.1 Å². The molecular weight excluding hydrogens is 424 g/mol. The fourth-order valence-electron chi connectivity index (χ4n) is 4.13. The van der Waals surface area contributed by atoms with Gasteiger partial charge in [-0.2, -0.15) is 0 Å². The minimum Gasteiger partial charge on any atom is -0.497 e. The van der Waals surface area contributed by atoms with Crippen LogP contribution in [0.1, 0.15) is 6.23 Å². The molecule has 5 rings (SSSR count). The third-order valence-electron chi connectivity index (χ3n) is 5.84. The number of para-hydroxylation sites is 1. The van der Waals surface area contributed by atoms with E-state index in [1.165, 1.54) is 6.33 Å². The van der Waals surface area contributed by atoms with Gasteiger partial charge in [0, 0.05) is 17.4 Å². The molecule has 0 saturated carbocycles. The van der Waals surface area contributed by atoms with E-state index in [2.05, 4.69) is 15.3 Å². The molecule has 170 valence electrons. The van der Waals surface area contributed by atoms with Crippen LogP contribution in [-0.2, 0) is 4.74 Å². The number of rotatable bonds is 6. The van der Waals surface area contributed by atoms with Crippen molar-refractivity contribution in [1.29, 1.82) is 0 Å². The number of aliphatic hydroxyl groups excluding tert-OH is 3. The summed E-state index contributed by atoms with van der Waals surface area (Å²) < 4.78 is 12.7. The summed E-state index contributed by atoms with van der Waals surface area (Å²) in [6.07, 6.45) is -1.02. The molecule has 1 fully saturated rings. The van der Waals surface area contributed by atoms with E-state index in [-0.39, 0.29) is 0 Å². The highest BCUT2D eigenvalue weighted by atomic mass is 16.6. The Morgan fingerprint density at radius 3 is 2.45 bits per heavy atom. The summed E-state index contributed by atoms with van der Waals surface area (Å²) in [5, 5.41) is 34.5. The second-order valence-corrected chi connectivity index (χ2v) is 7.82. The highest BCUT2D eigenvalue weighted by molar-refractivity contribution is 6.02. The average molecular weight is 448 g/mol. The van der Waals surface area contributed by atoms with Crippen molar-refractivity contribution < 1.29 is 24.8 Å². The van der Waals surface area contributed by atoms with E-state index < -0.39 is 31.1 Å². The van der Waals surface area contributed by atoms with Crippen molar-refractivity contribution in [2.45, 2.75) is 24.5 Å². The Balaban J connectivity index is 1.68. The summed E-state index contributed by atoms with van der Waals surface area (Å²) in [5.41, 5.74) is 3.07. The van der Waals surface area contributed by atoms with E-state index >= 15 is 0 Å². The third-order valence-corrected chi connectivity index (χ3v) is 5.84. The standard InChI is InChI=1S/C24H24N4O5/c1-32-16-9-7-14(8-10-16)17-11-28(24-21(31)20(30)18(12-29)33-24)23-19(17)22(25-13-26-23)27-15-5-3-2-4-6-15/h2-11,13,18,20-21,24,29-31H,12H2,1H3,(H,25,26,27)/t18-,20+,21+,24-/m1/s1. The van der Waals surface area contributed by atoms with Crippen LogP contribution in [0, 0.1) is 0 Å². The van der Waals surface area contributed by atoms with Crippen molar-refractivity contribution >= 4 is 22.5 Å². The Morgan fingerprint density at radius 2 is 1.79 bits per heavy atom. The van der Waals surface area contributed by atoms with Crippen molar-refractivity contribution in [2.24, 2.45) is 0 Å². The summed E-state index contributed by atoms with van der Waals surface area (Å²) in [4.78, 5) is 8.94. The Kier molecular flexibility index (Phi) is 5.69. The van der Waals surface area contributed by atoms with Gasteiger partial charge < -0.3 is 34.7 Å². The number of methoxy groups -OCH3 is 1. The Bertz CT molecular complexity index is 1250. The maximum atomic E-state index is 10.6. The zero-order chi connectivity index (χ0) is 22.9. The fraction of sp³-hybridized carbons (Fsp3) is 0.250. The summed E-state index contributed by atoms with van der Waals surface area (Å²) in [7, 11) is 1.61. The Labute approximate surface area is 189 Å². The molecule has 9 nitrogen and oxygen atoms in total. The third kappa shape index (κ3) is 3.81. The number of ether oxygens (including phenoxy) is 2. The fourth-order valence-corrected chi connectivity index (χ4v) is 4.13. The van der Waals surface area contributed by atoms with Crippen molar-refractivity contribution in [3.8, 4) is 16.9 Å². The average Bonchev–Trinajstić information content (AvgIpc) is 3.38. The zero-order valence-corrected chi connectivity index (χ0v) is 17.9. The Morgan fingerprint density at radius 1 is 1.03 bits per heavy atom. The van der Waals surface area contributed by atoms with Gasteiger partial charge in [-0.05, 0) is 29.8 Å². The van der Waals surface area contributed by atoms with Crippen LogP contribution in [0.2, 0.25) is 0 Å². The maximum Gasteiger partial charge on any atom is 0.164 e. The molecule has 0 bridgehead atoms. The molecule has 3 heterocycles. The van der Waals surface area contributed by atoms with Gasteiger partial charge in [0.2, 0.25) is 0 Å². The summed E-state index contributed by atoms with van der Waals surface area (Å²) in [6, 6.07) is 17.2. The molecule has 33 heavy (non-hydrogen) atoms. The monoisotopic (exact) mass is 448 g/mol. The Hall–Kier alpha value is -3.50. The van der Waals surface area contributed by atoms with Crippen molar-refractivity contribution in [3.05, 3.63) is 67.1 Å². The first kappa shape index (κ1) is 21.4. The number of nitrogens with one attached hydrogen (secondary N) is 1. The van der Waals surface area contributed by atoms with Gasteiger partial charge in [0.25, 0.3) is 0 Å². The molecule has 0 unspecified atom stereocenters. The predicted octanol–water partition coefficient (Wildman–Crippen LogP) is 2.46. The molecular formula is C24H24N4O5. The SMILES string of the molecule is COc1ccc(-c2cn([C@@H]3O[C@H](CO)[C@H](O)[C@@H]3O)c3ncnc(Nc4ccccc4)c23)cc1. The highest BCUT2D eigenvalue weighted by Crippen LogP contribution is 2.39. The number of hydrogen-bond acceptors (Lipinski definition) is 8. The van der Waals surface area contributed by atoms with Crippen molar-refractivity contribution in [3.63, 3.8) is 0 Å². The minimum absolute atomic E-state index is 0.408. The van der Waals surface area contributed by atoms with Gasteiger partial charge in [-0.25, -0.2) is 9.97 Å². The number of benzene rings is 2. The number of nitrogens with zero attached hydrogens (tertiary/aromatic N) is 3. The highest BCUT2D eigenvalue weighted by Gasteiger charge is 2.44. The first-order valence-electron chi connectivity index (χ1n) is 10.5. The van der Waals surface area contributed by atoms with Crippen LogP contribution in [0.4, 0.5) is 11.5 Å². The lowest BCUT2D eigenvalue weighted by molar-refractivity contribution is -0.0508. The number of fused-ring (bicyclic) bond motifs is 1. The van der Waals surface area contributed by atoms with E-state index in [1.54, 1.807) is 11.7 Å². The molecule has 4 N–H and O–H groups in total. The molecule has 1 saturated heterocycles. The molecule has 1 aliphatic heterocycles. The quantitative estimate of drug-likeness (QED) is 0.355. The van der Waals surface area contributed by atoms with E-state index in [1.807, 2.05) is 60.8 Å². The van der Waals surface area contributed by atoms with Crippen LogP contribution in [0.3, 0.4) is 0 Å². The van der Waals surface area contributed by atoms with Gasteiger partial charge in [-0.3, -0.25) is 0 Å². The lowest BCUT2D eigenvalue weighted by Gasteiger charge is -2.17. The first-order chi connectivity index (χ1) is 16.1. The lowest BCUT2D eigenvalue weighted by atomic mass is 10.1. The molecule has 2 aromatic carbocycles. The van der Waals surface area contributed by atoms with Crippen LogP contribution in [0.5, 0.6) is 5.75 Å². The van der Waals surface area contributed by atoms with E-state index in [0.717, 1.165) is 28.0 Å². The molecule has 0 radical (unpaired) electrons. The predicted molar refractivity (Wildman–Crippen MR) is 122 cm³/mol. The van der Waals surface area contributed by atoms with Gasteiger partial charge in [0.1, 0.15) is 41.9 Å². The second kappa shape index (κ2) is 8.80. The maximum absolute atomic E-state index is 10.6. The topological polar surface area (TPSA) is 122 Å². The largest absolute Gasteiger partial charge is 0.497 e. The number of hydrogen-bond donors (Lipinski definition) is 4. The van der Waals surface area contributed by atoms with Crippen LogP contribution < -0.4 is 10.1 Å². The van der Waals surface area contributed by atoms with Crippen molar-refractivity contribution in [2.75, 3.05) is 19.0 Å². The van der Waals surface area contributed by atoms with Crippen LogP contribution in [0.25, 0.3) is 22.2 Å². The molecule has 0 amide bonds.